The third kappa shape index (κ3) is 1.75. The molecule has 0 aliphatic heterocycles. The first-order valence-corrected chi connectivity index (χ1v) is 8.99. The highest BCUT2D eigenvalue weighted by Gasteiger charge is 2.22. The zero-order chi connectivity index (χ0) is 13.7. The molecule has 0 bridgehead atoms. The van der Waals surface area contributed by atoms with Crippen molar-refractivity contribution >= 4 is 25.5 Å². The number of benzene rings is 1. The Kier molecular flexibility index (Phi) is 2.72. The van der Waals surface area contributed by atoms with Gasteiger partial charge >= 0.3 is 0 Å². The molecule has 2 aromatic rings. The van der Waals surface area contributed by atoms with Crippen LogP contribution in [0.2, 0.25) is 0 Å². The third-order valence-electron chi connectivity index (χ3n) is 4.62. The summed E-state index contributed by atoms with van der Waals surface area (Å²) in [6.07, 6.45) is 7.47. The van der Waals surface area contributed by atoms with Crippen molar-refractivity contribution in [1.29, 1.82) is 0 Å². The van der Waals surface area contributed by atoms with Gasteiger partial charge in [0.1, 0.15) is 11.3 Å². The first-order chi connectivity index (χ1) is 9.66. The Labute approximate surface area is 119 Å². The maximum absolute atomic E-state index is 12.8. The van der Waals surface area contributed by atoms with Crippen LogP contribution in [0.25, 0.3) is 11.0 Å². The van der Waals surface area contributed by atoms with E-state index in [1.54, 1.807) is 0 Å². The molecule has 20 heavy (non-hydrogen) atoms. The number of nitrogens with two attached hydrogens (primary N) is 1. The van der Waals surface area contributed by atoms with Gasteiger partial charge in [-0.05, 0) is 56.7 Å². The highest BCUT2D eigenvalue weighted by molar-refractivity contribution is 8.00. The van der Waals surface area contributed by atoms with Crippen molar-refractivity contribution in [2.24, 2.45) is 5.14 Å². The van der Waals surface area contributed by atoms with Crippen molar-refractivity contribution < 1.29 is 8.63 Å². The van der Waals surface area contributed by atoms with Gasteiger partial charge in [-0.2, -0.15) is 0 Å². The standard InChI is InChI=1S/C16H19NO2S/c17-20(18,11-4-3-5-11)12-8-9-14-13-6-1-2-7-15(13)19-16(14)10-12/h8-10H,1-7H2,(H2,17,18). The van der Waals surface area contributed by atoms with Crippen LogP contribution in [0, 0.1) is 0 Å². The molecule has 0 amide bonds. The van der Waals surface area contributed by atoms with E-state index < -0.39 is 9.71 Å². The van der Waals surface area contributed by atoms with Crippen molar-refractivity contribution in [2.75, 3.05) is 0 Å². The zero-order valence-electron chi connectivity index (χ0n) is 11.5. The Morgan fingerprint density at radius 3 is 2.60 bits per heavy atom. The van der Waals surface area contributed by atoms with Gasteiger partial charge in [0, 0.05) is 27.1 Å². The Morgan fingerprint density at radius 1 is 1.05 bits per heavy atom. The molecule has 4 heteroatoms. The van der Waals surface area contributed by atoms with Gasteiger partial charge in [0.05, 0.1) is 9.71 Å². The maximum Gasteiger partial charge on any atom is 0.135 e. The van der Waals surface area contributed by atoms with Gasteiger partial charge in [0.2, 0.25) is 0 Å². The number of hydrogen-bond acceptors (Lipinski definition) is 2. The van der Waals surface area contributed by atoms with Gasteiger partial charge in [-0.25, -0.2) is 4.21 Å². The largest absolute Gasteiger partial charge is 0.461 e. The molecule has 4 rings (SSSR count). The van der Waals surface area contributed by atoms with Crippen molar-refractivity contribution in [1.82, 2.24) is 0 Å². The Hall–Kier alpha value is -1.26. The minimum absolute atomic E-state index is 0.728. The Bertz CT molecular complexity index is 803. The second-order valence-corrected chi connectivity index (χ2v) is 8.11. The lowest BCUT2D eigenvalue weighted by molar-refractivity contribution is 0.505. The van der Waals surface area contributed by atoms with E-state index >= 15 is 0 Å². The monoisotopic (exact) mass is 289 g/mol. The predicted octanol–water partition coefficient (Wildman–Crippen LogP) is 3.18. The van der Waals surface area contributed by atoms with E-state index in [0.717, 1.165) is 53.2 Å². The molecule has 1 aromatic carbocycles. The number of furan rings is 1. The minimum Gasteiger partial charge on any atom is -0.461 e. The second-order valence-electron chi connectivity index (χ2n) is 5.86. The van der Waals surface area contributed by atoms with Gasteiger partial charge < -0.3 is 4.42 Å². The zero-order valence-corrected chi connectivity index (χ0v) is 12.3. The lowest BCUT2D eigenvalue weighted by atomic mass is 9.96. The van der Waals surface area contributed by atoms with Crippen molar-refractivity contribution in [3.05, 3.63) is 29.5 Å². The number of fused-ring (bicyclic) bond motifs is 3. The average molecular weight is 289 g/mol. The van der Waals surface area contributed by atoms with Crippen LogP contribution in [0.3, 0.4) is 0 Å². The van der Waals surface area contributed by atoms with Crippen molar-refractivity contribution in [2.45, 2.75) is 49.8 Å². The van der Waals surface area contributed by atoms with Gasteiger partial charge in [-0.15, -0.1) is 0 Å². The van der Waals surface area contributed by atoms with Crippen LogP contribution in [0.4, 0.5) is 0 Å². The molecule has 3 nitrogen and oxygen atoms in total. The molecule has 1 aromatic heterocycles. The molecule has 2 aliphatic carbocycles. The number of aryl methyl sites for hydroxylation is 2. The summed E-state index contributed by atoms with van der Waals surface area (Å²) in [5.74, 6) is 1.11. The van der Waals surface area contributed by atoms with E-state index in [1.165, 1.54) is 23.8 Å². The smallest absolute Gasteiger partial charge is 0.135 e. The summed E-state index contributed by atoms with van der Waals surface area (Å²) in [5, 5.41) is 7.28. The lowest BCUT2D eigenvalue weighted by Crippen LogP contribution is -2.28. The third-order valence-corrected chi connectivity index (χ3v) is 6.84. The Morgan fingerprint density at radius 2 is 1.85 bits per heavy atom. The van der Waals surface area contributed by atoms with Gasteiger partial charge in [-0.3, -0.25) is 5.14 Å². The van der Waals surface area contributed by atoms with E-state index in [4.69, 9.17) is 9.56 Å². The summed E-state index contributed by atoms with van der Waals surface area (Å²) in [4.78, 5) is 1.74. The van der Waals surface area contributed by atoms with Crippen LogP contribution >= 0.6 is 0 Å². The van der Waals surface area contributed by atoms with E-state index in [1.807, 2.05) is 18.2 Å². The fourth-order valence-corrected chi connectivity index (χ4v) is 5.00. The van der Waals surface area contributed by atoms with Gasteiger partial charge in [0.25, 0.3) is 0 Å². The molecule has 1 heterocycles. The predicted molar refractivity (Wildman–Crippen MR) is 82.3 cm³/mol. The van der Waals surface area contributed by atoms with Crippen LogP contribution in [-0.2, 0) is 22.5 Å². The van der Waals surface area contributed by atoms with Crippen LogP contribution in [0.15, 0.2) is 27.5 Å². The molecular weight excluding hydrogens is 270 g/mol. The molecule has 106 valence electrons. The maximum atomic E-state index is 12.8. The van der Waals surface area contributed by atoms with Crippen LogP contribution in [0.5, 0.6) is 0 Å². The molecule has 1 saturated carbocycles. The normalized spacial score (nSPS) is 21.4. The van der Waals surface area contributed by atoms with Crippen LogP contribution < -0.4 is 5.14 Å². The molecule has 2 N–H and O–H groups in total. The second kappa shape index (κ2) is 4.37. The number of hydrogen-bond donors (Lipinski definition) is 1. The van der Waals surface area contributed by atoms with Gasteiger partial charge in [-0.1, -0.05) is 0 Å². The summed E-state index contributed by atoms with van der Waals surface area (Å²) in [6, 6.07) is 5.88. The van der Waals surface area contributed by atoms with Crippen LogP contribution in [-0.4, -0.2) is 9.07 Å². The Balaban J connectivity index is 1.90. The first-order valence-electron chi connectivity index (χ1n) is 7.37. The van der Waals surface area contributed by atoms with Gasteiger partial charge in [0.15, 0.2) is 0 Å². The fraction of sp³-hybridized carbons (Fsp3) is 0.438. The summed E-state index contributed by atoms with van der Waals surface area (Å²) in [7, 11) is -2.49. The lowest BCUT2D eigenvalue weighted by Gasteiger charge is -2.20. The van der Waals surface area contributed by atoms with Crippen LogP contribution in [0.1, 0.15) is 43.4 Å². The molecule has 1 fully saturated rings. The molecular formula is C16H19NO2S. The van der Waals surface area contributed by atoms with E-state index in [9.17, 15) is 4.21 Å². The quantitative estimate of drug-likeness (QED) is 0.820. The summed E-state index contributed by atoms with van der Waals surface area (Å²) in [5.41, 5.74) is 2.20. The average Bonchev–Trinajstić information content (AvgIpc) is 2.73. The SMILES string of the molecule is NS(=O)(=C1CCC1)c1ccc2c3c(oc2c1)CCCC3. The number of rotatable bonds is 1. The summed E-state index contributed by atoms with van der Waals surface area (Å²) < 4.78 is 18.7. The molecule has 1 unspecified atom stereocenters. The molecule has 1 atom stereocenters. The van der Waals surface area contributed by atoms with Crippen molar-refractivity contribution in [3.63, 3.8) is 0 Å². The van der Waals surface area contributed by atoms with E-state index in [0.29, 0.717) is 0 Å². The first kappa shape index (κ1) is 12.5. The topological polar surface area (TPSA) is 56.2 Å². The minimum atomic E-state index is -2.49. The summed E-state index contributed by atoms with van der Waals surface area (Å²) >= 11 is 0. The summed E-state index contributed by atoms with van der Waals surface area (Å²) in [6.45, 7) is 0. The van der Waals surface area contributed by atoms with E-state index in [-0.39, 0.29) is 0 Å². The highest BCUT2D eigenvalue weighted by Crippen LogP contribution is 2.33. The van der Waals surface area contributed by atoms with E-state index in [2.05, 4.69) is 0 Å². The molecule has 2 aliphatic rings. The fourth-order valence-electron chi connectivity index (χ4n) is 3.22. The molecule has 0 spiro atoms. The highest BCUT2D eigenvalue weighted by atomic mass is 32.2. The molecule has 0 radical (unpaired) electrons. The molecule has 0 saturated heterocycles. The van der Waals surface area contributed by atoms with Crippen molar-refractivity contribution in [3.8, 4) is 0 Å².